The minimum atomic E-state index is -0.538. The normalized spacial score (nSPS) is 18.8. The van der Waals surface area contributed by atoms with E-state index < -0.39 is 6.04 Å². The van der Waals surface area contributed by atoms with Gasteiger partial charge in [-0.1, -0.05) is 6.07 Å². The summed E-state index contributed by atoms with van der Waals surface area (Å²) < 4.78 is 4.96. The first-order valence-corrected chi connectivity index (χ1v) is 7.86. The molecule has 1 aromatic heterocycles. The van der Waals surface area contributed by atoms with E-state index in [4.69, 9.17) is 10.5 Å². The van der Waals surface area contributed by atoms with Crippen molar-refractivity contribution < 1.29 is 9.53 Å². The second-order valence-electron chi connectivity index (χ2n) is 5.10. The van der Waals surface area contributed by atoms with E-state index in [1.54, 1.807) is 18.4 Å². The van der Waals surface area contributed by atoms with Crippen LogP contribution in [0.25, 0.3) is 0 Å². The summed E-state index contributed by atoms with van der Waals surface area (Å²) in [5.74, 6) is 0.00447. The molecule has 0 bridgehead atoms. The molecule has 1 fully saturated rings. The van der Waals surface area contributed by atoms with Crippen molar-refractivity contribution in [3.8, 4) is 0 Å². The highest BCUT2D eigenvalue weighted by molar-refractivity contribution is 7.09. The van der Waals surface area contributed by atoms with Gasteiger partial charge in [0.25, 0.3) is 0 Å². The second kappa shape index (κ2) is 7.73. The first-order valence-electron chi connectivity index (χ1n) is 6.98. The van der Waals surface area contributed by atoms with Crippen LogP contribution in [0.15, 0.2) is 17.5 Å². The number of ether oxygens (including phenoxy) is 1. The monoisotopic (exact) mass is 297 g/mol. The van der Waals surface area contributed by atoms with E-state index in [2.05, 4.69) is 22.4 Å². The maximum atomic E-state index is 12.2. The SMILES string of the molecule is COCC(N)C(=O)N1CCCN(Cc2cccs2)CC1. The zero-order valence-electron chi connectivity index (χ0n) is 12.0. The minimum Gasteiger partial charge on any atom is -0.383 e. The highest BCUT2D eigenvalue weighted by atomic mass is 32.1. The van der Waals surface area contributed by atoms with Gasteiger partial charge >= 0.3 is 0 Å². The third-order valence-electron chi connectivity index (χ3n) is 3.52. The molecule has 1 saturated heterocycles. The number of hydrogen-bond donors (Lipinski definition) is 1. The van der Waals surface area contributed by atoms with E-state index in [-0.39, 0.29) is 12.5 Å². The highest BCUT2D eigenvalue weighted by Gasteiger charge is 2.23. The first-order chi connectivity index (χ1) is 9.70. The molecule has 5 nitrogen and oxygen atoms in total. The lowest BCUT2D eigenvalue weighted by Gasteiger charge is -2.24. The molecule has 1 aliphatic rings. The third kappa shape index (κ3) is 4.28. The largest absolute Gasteiger partial charge is 0.383 e. The van der Waals surface area contributed by atoms with Gasteiger partial charge in [0.15, 0.2) is 0 Å². The fraction of sp³-hybridized carbons (Fsp3) is 0.643. The highest BCUT2D eigenvalue weighted by Crippen LogP contribution is 2.14. The third-order valence-corrected chi connectivity index (χ3v) is 4.38. The second-order valence-corrected chi connectivity index (χ2v) is 6.13. The summed E-state index contributed by atoms with van der Waals surface area (Å²) in [6.45, 7) is 4.74. The summed E-state index contributed by atoms with van der Waals surface area (Å²) in [5.41, 5.74) is 5.83. The predicted octanol–water partition coefficient (Wildman–Crippen LogP) is 0.756. The Bertz CT molecular complexity index is 411. The Morgan fingerprint density at radius 2 is 2.30 bits per heavy atom. The molecule has 1 amide bonds. The minimum absolute atomic E-state index is 0.00447. The van der Waals surface area contributed by atoms with E-state index in [9.17, 15) is 4.79 Å². The zero-order valence-corrected chi connectivity index (χ0v) is 12.8. The van der Waals surface area contributed by atoms with Gasteiger partial charge in [-0.3, -0.25) is 9.69 Å². The van der Waals surface area contributed by atoms with Crippen LogP contribution in [0.2, 0.25) is 0 Å². The molecule has 2 N–H and O–H groups in total. The van der Waals surface area contributed by atoms with Gasteiger partial charge in [0, 0.05) is 44.7 Å². The summed E-state index contributed by atoms with van der Waals surface area (Å²) in [5, 5.41) is 2.10. The Kier molecular flexibility index (Phi) is 5.97. The van der Waals surface area contributed by atoms with Crippen molar-refractivity contribution in [1.29, 1.82) is 0 Å². The molecule has 1 aliphatic heterocycles. The molecular formula is C14H23N3O2S. The van der Waals surface area contributed by atoms with Crippen LogP contribution >= 0.6 is 11.3 Å². The lowest BCUT2D eigenvalue weighted by molar-refractivity contribution is -0.133. The van der Waals surface area contributed by atoms with Gasteiger partial charge in [-0.05, 0) is 17.9 Å². The fourth-order valence-corrected chi connectivity index (χ4v) is 3.20. The first kappa shape index (κ1) is 15.4. The fourth-order valence-electron chi connectivity index (χ4n) is 2.46. The van der Waals surface area contributed by atoms with Gasteiger partial charge < -0.3 is 15.4 Å². The summed E-state index contributed by atoms with van der Waals surface area (Å²) in [6, 6.07) is 3.70. The molecule has 20 heavy (non-hydrogen) atoms. The Balaban J connectivity index is 1.84. The van der Waals surface area contributed by atoms with Gasteiger partial charge in [-0.2, -0.15) is 0 Å². The number of hydrogen-bond acceptors (Lipinski definition) is 5. The molecule has 0 aromatic carbocycles. The van der Waals surface area contributed by atoms with Crippen molar-refractivity contribution in [2.24, 2.45) is 5.73 Å². The van der Waals surface area contributed by atoms with Crippen molar-refractivity contribution >= 4 is 17.2 Å². The van der Waals surface area contributed by atoms with Gasteiger partial charge in [0.05, 0.1) is 6.61 Å². The smallest absolute Gasteiger partial charge is 0.241 e. The van der Waals surface area contributed by atoms with E-state index >= 15 is 0 Å². The lowest BCUT2D eigenvalue weighted by Crippen LogP contribution is -2.47. The van der Waals surface area contributed by atoms with Gasteiger partial charge in [-0.15, -0.1) is 11.3 Å². The Labute approximate surface area is 124 Å². The van der Waals surface area contributed by atoms with E-state index in [0.29, 0.717) is 0 Å². The average molecular weight is 297 g/mol. The summed E-state index contributed by atoms with van der Waals surface area (Å²) in [7, 11) is 1.57. The maximum Gasteiger partial charge on any atom is 0.241 e. The Hall–Kier alpha value is -0.950. The van der Waals surface area contributed by atoms with Gasteiger partial charge in [-0.25, -0.2) is 0 Å². The Morgan fingerprint density at radius 3 is 3.00 bits per heavy atom. The number of carbonyl (C=O) groups excluding carboxylic acids is 1. The van der Waals surface area contributed by atoms with E-state index in [1.807, 2.05) is 4.90 Å². The van der Waals surface area contributed by atoms with E-state index in [0.717, 1.165) is 39.1 Å². The molecule has 2 rings (SSSR count). The number of nitrogens with zero attached hydrogens (tertiary/aromatic N) is 2. The Morgan fingerprint density at radius 1 is 1.45 bits per heavy atom. The van der Waals surface area contributed by atoms with Crippen molar-refractivity contribution in [1.82, 2.24) is 9.80 Å². The molecule has 0 spiro atoms. The van der Waals surface area contributed by atoms with Crippen LogP contribution in [0.4, 0.5) is 0 Å². The van der Waals surface area contributed by atoms with Crippen LogP contribution in [-0.2, 0) is 16.1 Å². The van der Waals surface area contributed by atoms with Gasteiger partial charge in [0.1, 0.15) is 6.04 Å². The number of rotatable bonds is 5. The molecule has 0 saturated carbocycles. The molecule has 1 atom stereocenters. The molecule has 1 unspecified atom stereocenters. The maximum absolute atomic E-state index is 12.2. The van der Waals surface area contributed by atoms with E-state index in [1.165, 1.54) is 4.88 Å². The van der Waals surface area contributed by atoms with Crippen LogP contribution in [-0.4, -0.2) is 61.6 Å². The van der Waals surface area contributed by atoms with Crippen LogP contribution in [0.3, 0.4) is 0 Å². The number of amides is 1. The quantitative estimate of drug-likeness (QED) is 0.871. The predicted molar refractivity (Wildman–Crippen MR) is 80.6 cm³/mol. The molecule has 6 heteroatoms. The summed E-state index contributed by atoms with van der Waals surface area (Å²) >= 11 is 1.78. The van der Waals surface area contributed by atoms with Gasteiger partial charge in [0.2, 0.25) is 5.91 Å². The lowest BCUT2D eigenvalue weighted by atomic mass is 10.2. The molecule has 1 aromatic rings. The van der Waals surface area contributed by atoms with Crippen LogP contribution in [0.1, 0.15) is 11.3 Å². The molecule has 0 radical (unpaired) electrons. The summed E-state index contributed by atoms with van der Waals surface area (Å²) in [6.07, 6.45) is 0.997. The van der Waals surface area contributed by atoms with Crippen molar-refractivity contribution in [2.75, 3.05) is 39.9 Å². The standard InChI is InChI=1S/C14H23N3O2S/c1-19-11-13(15)14(18)17-6-3-5-16(7-8-17)10-12-4-2-9-20-12/h2,4,9,13H,3,5-8,10-11,15H2,1H3. The van der Waals surface area contributed by atoms with Crippen LogP contribution in [0.5, 0.6) is 0 Å². The van der Waals surface area contributed by atoms with Crippen molar-refractivity contribution in [3.05, 3.63) is 22.4 Å². The molecule has 2 heterocycles. The van der Waals surface area contributed by atoms with Crippen molar-refractivity contribution in [3.63, 3.8) is 0 Å². The molecule has 0 aliphatic carbocycles. The zero-order chi connectivity index (χ0) is 14.4. The number of carbonyl (C=O) groups is 1. The van der Waals surface area contributed by atoms with Crippen molar-refractivity contribution in [2.45, 2.75) is 19.0 Å². The molecular weight excluding hydrogens is 274 g/mol. The number of methoxy groups -OCH3 is 1. The number of thiophene rings is 1. The topological polar surface area (TPSA) is 58.8 Å². The summed E-state index contributed by atoms with van der Waals surface area (Å²) in [4.78, 5) is 17.8. The van der Waals surface area contributed by atoms with Crippen LogP contribution in [0, 0.1) is 0 Å². The molecule has 112 valence electrons. The van der Waals surface area contributed by atoms with Crippen LogP contribution < -0.4 is 5.73 Å². The average Bonchev–Trinajstić information content (AvgIpc) is 2.83. The number of nitrogens with two attached hydrogens (primary N) is 1.